The van der Waals surface area contributed by atoms with E-state index in [2.05, 4.69) is 5.10 Å². The molecule has 0 aliphatic heterocycles. The Morgan fingerprint density at radius 1 is 1.47 bits per heavy atom. The van der Waals surface area contributed by atoms with Crippen LogP contribution in [0.15, 0.2) is 36.7 Å². The van der Waals surface area contributed by atoms with Gasteiger partial charge in [0.15, 0.2) is 0 Å². The third-order valence-electron chi connectivity index (χ3n) is 2.51. The predicted molar refractivity (Wildman–Crippen MR) is 65.0 cm³/mol. The summed E-state index contributed by atoms with van der Waals surface area (Å²) in [4.78, 5) is 10.8. The number of halogens is 1. The maximum Gasteiger partial charge on any atom is 0.328 e. The van der Waals surface area contributed by atoms with Crippen molar-refractivity contribution in [3.8, 4) is 11.1 Å². The molecular weight excluding hydrogens is 240 g/mol. The van der Waals surface area contributed by atoms with Crippen molar-refractivity contribution in [3.05, 3.63) is 41.7 Å². The number of carbonyl (C=O) groups is 1. The van der Waals surface area contributed by atoms with E-state index in [0.29, 0.717) is 5.02 Å². The van der Waals surface area contributed by atoms with Gasteiger partial charge in [-0.25, -0.2) is 4.79 Å². The van der Waals surface area contributed by atoms with Crippen LogP contribution in [0.5, 0.6) is 0 Å². The van der Waals surface area contributed by atoms with Crippen molar-refractivity contribution in [2.24, 2.45) is 0 Å². The highest BCUT2D eigenvalue weighted by Crippen LogP contribution is 2.22. The van der Waals surface area contributed by atoms with Crippen LogP contribution in [0.3, 0.4) is 0 Å². The standard InChI is InChI=1S/C12H11ClN2O2/c1-8(12(16)17)15-7-10(6-14-15)9-3-2-4-11(13)5-9/h2-8H,1H3,(H,16,17)/t8-/m1/s1. The third-order valence-corrected chi connectivity index (χ3v) is 2.75. The smallest absolute Gasteiger partial charge is 0.328 e. The molecule has 0 spiro atoms. The van der Waals surface area contributed by atoms with Crippen LogP contribution in [0.2, 0.25) is 5.02 Å². The highest BCUT2D eigenvalue weighted by molar-refractivity contribution is 6.30. The molecule has 0 saturated heterocycles. The molecule has 0 amide bonds. The number of benzene rings is 1. The van der Waals surface area contributed by atoms with E-state index in [1.807, 2.05) is 18.2 Å². The number of aromatic nitrogens is 2. The second-order valence-electron chi connectivity index (χ2n) is 3.73. The quantitative estimate of drug-likeness (QED) is 0.911. The summed E-state index contributed by atoms with van der Waals surface area (Å²) in [7, 11) is 0. The van der Waals surface area contributed by atoms with Gasteiger partial charge in [0.1, 0.15) is 6.04 Å². The Labute approximate surface area is 103 Å². The summed E-state index contributed by atoms with van der Waals surface area (Å²) in [5.74, 6) is -0.911. The third kappa shape index (κ3) is 2.47. The molecule has 5 heteroatoms. The van der Waals surface area contributed by atoms with Gasteiger partial charge in [-0.15, -0.1) is 0 Å². The first-order valence-corrected chi connectivity index (χ1v) is 5.48. The fourth-order valence-corrected chi connectivity index (χ4v) is 1.67. The molecule has 2 aromatic rings. The van der Waals surface area contributed by atoms with Gasteiger partial charge in [-0.3, -0.25) is 4.68 Å². The lowest BCUT2D eigenvalue weighted by Gasteiger charge is -2.05. The summed E-state index contributed by atoms with van der Waals surface area (Å²) in [6.45, 7) is 1.58. The molecular formula is C12H11ClN2O2. The Balaban J connectivity index is 2.33. The molecule has 1 atom stereocenters. The largest absolute Gasteiger partial charge is 0.480 e. The first-order valence-electron chi connectivity index (χ1n) is 5.11. The summed E-state index contributed by atoms with van der Waals surface area (Å²) in [6.07, 6.45) is 3.33. The van der Waals surface area contributed by atoms with E-state index in [0.717, 1.165) is 11.1 Å². The molecule has 4 nitrogen and oxygen atoms in total. The summed E-state index contributed by atoms with van der Waals surface area (Å²) in [6, 6.07) is 6.67. The molecule has 0 fully saturated rings. The van der Waals surface area contributed by atoms with Crippen LogP contribution in [0.1, 0.15) is 13.0 Å². The average Bonchev–Trinajstić information content (AvgIpc) is 2.77. The van der Waals surface area contributed by atoms with Crippen LogP contribution in [0, 0.1) is 0 Å². The molecule has 1 heterocycles. The predicted octanol–water partition coefficient (Wildman–Crippen LogP) is 2.85. The van der Waals surface area contributed by atoms with Gasteiger partial charge in [0, 0.05) is 16.8 Å². The fourth-order valence-electron chi connectivity index (χ4n) is 1.48. The lowest BCUT2D eigenvalue weighted by atomic mass is 10.1. The minimum atomic E-state index is -0.911. The molecule has 1 aromatic carbocycles. The first-order chi connectivity index (χ1) is 8.08. The number of aliphatic carboxylic acids is 1. The number of carboxylic acids is 1. The normalized spacial score (nSPS) is 12.4. The van der Waals surface area contributed by atoms with E-state index in [9.17, 15) is 4.79 Å². The van der Waals surface area contributed by atoms with Crippen molar-refractivity contribution in [2.45, 2.75) is 13.0 Å². The van der Waals surface area contributed by atoms with Crippen molar-refractivity contribution >= 4 is 17.6 Å². The number of rotatable bonds is 3. The monoisotopic (exact) mass is 250 g/mol. The van der Waals surface area contributed by atoms with E-state index in [4.69, 9.17) is 16.7 Å². The van der Waals surface area contributed by atoms with Crippen LogP contribution >= 0.6 is 11.6 Å². The summed E-state index contributed by atoms with van der Waals surface area (Å²) in [5, 5.41) is 13.6. The van der Waals surface area contributed by atoms with Crippen LogP contribution in [0.25, 0.3) is 11.1 Å². The van der Waals surface area contributed by atoms with Crippen LogP contribution < -0.4 is 0 Å². The molecule has 1 N–H and O–H groups in total. The molecule has 0 radical (unpaired) electrons. The van der Waals surface area contributed by atoms with Gasteiger partial charge >= 0.3 is 5.97 Å². The van der Waals surface area contributed by atoms with Crippen molar-refractivity contribution < 1.29 is 9.90 Å². The molecule has 0 aliphatic carbocycles. The second kappa shape index (κ2) is 4.59. The Hall–Kier alpha value is -1.81. The average molecular weight is 251 g/mol. The molecule has 1 aromatic heterocycles. The Kier molecular flexibility index (Phi) is 3.15. The van der Waals surface area contributed by atoms with Crippen molar-refractivity contribution in [1.29, 1.82) is 0 Å². The van der Waals surface area contributed by atoms with E-state index >= 15 is 0 Å². The minimum Gasteiger partial charge on any atom is -0.480 e. The molecule has 0 aliphatic rings. The van der Waals surface area contributed by atoms with Gasteiger partial charge < -0.3 is 5.11 Å². The molecule has 88 valence electrons. The number of hydrogen-bond acceptors (Lipinski definition) is 2. The first kappa shape index (κ1) is 11.7. The number of carboxylic acid groups (broad SMARTS) is 1. The summed E-state index contributed by atoms with van der Waals surface area (Å²) < 4.78 is 1.42. The highest BCUT2D eigenvalue weighted by atomic mass is 35.5. The molecule has 0 unspecified atom stereocenters. The number of hydrogen-bond donors (Lipinski definition) is 1. The highest BCUT2D eigenvalue weighted by Gasteiger charge is 2.14. The lowest BCUT2D eigenvalue weighted by molar-refractivity contribution is -0.140. The molecule has 17 heavy (non-hydrogen) atoms. The zero-order valence-corrected chi connectivity index (χ0v) is 9.93. The van der Waals surface area contributed by atoms with Gasteiger partial charge in [0.05, 0.1) is 6.20 Å². The van der Waals surface area contributed by atoms with Gasteiger partial charge in [0.2, 0.25) is 0 Å². The lowest BCUT2D eigenvalue weighted by Crippen LogP contribution is -2.15. The number of nitrogens with zero attached hydrogens (tertiary/aromatic N) is 2. The zero-order valence-electron chi connectivity index (χ0n) is 9.17. The fraction of sp³-hybridized carbons (Fsp3) is 0.167. The zero-order chi connectivity index (χ0) is 12.4. The minimum absolute atomic E-state index is 0.640. The van der Waals surface area contributed by atoms with Gasteiger partial charge in [0.25, 0.3) is 0 Å². The SMILES string of the molecule is C[C@H](C(=O)O)n1cc(-c2cccc(Cl)c2)cn1. The molecule has 0 saturated carbocycles. The summed E-state index contributed by atoms with van der Waals surface area (Å²) in [5.41, 5.74) is 1.77. The van der Waals surface area contributed by atoms with Crippen molar-refractivity contribution in [2.75, 3.05) is 0 Å². The van der Waals surface area contributed by atoms with Crippen molar-refractivity contribution in [3.63, 3.8) is 0 Å². The molecule has 0 bridgehead atoms. The van der Waals surface area contributed by atoms with Gasteiger partial charge in [-0.1, -0.05) is 23.7 Å². The molecule has 2 rings (SSSR count). The van der Waals surface area contributed by atoms with Crippen LogP contribution in [-0.4, -0.2) is 20.9 Å². The Morgan fingerprint density at radius 3 is 2.88 bits per heavy atom. The maximum atomic E-state index is 10.8. The summed E-state index contributed by atoms with van der Waals surface area (Å²) >= 11 is 5.89. The van der Waals surface area contributed by atoms with Crippen LogP contribution in [-0.2, 0) is 4.79 Å². The van der Waals surface area contributed by atoms with E-state index in [-0.39, 0.29) is 0 Å². The second-order valence-corrected chi connectivity index (χ2v) is 4.17. The Bertz CT molecular complexity index is 551. The Morgan fingerprint density at radius 2 is 2.24 bits per heavy atom. The van der Waals surface area contributed by atoms with Gasteiger partial charge in [-0.05, 0) is 24.6 Å². The van der Waals surface area contributed by atoms with E-state index in [1.165, 1.54) is 4.68 Å². The van der Waals surface area contributed by atoms with E-state index in [1.54, 1.807) is 25.4 Å². The topological polar surface area (TPSA) is 55.1 Å². The maximum absolute atomic E-state index is 10.8. The van der Waals surface area contributed by atoms with Gasteiger partial charge in [-0.2, -0.15) is 5.10 Å². The van der Waals surface area contributed by atoms with Crippen molar-refractivity contribution in [1.82, 2.24) is 9.78 Å². The van der Waals surface area contributed by atoms with E-state index < -0.39 is 12.0 Å². The van der Waals surface area contributed by atoms with Crippen LogP contribution in [0.4, 0.5) is 0 Å².